The van der Waals surface area contributed by atoms with Gasteiger partial charge in [0.15, 0.2) is 0 Å². The Balaban J connectivity index is 1.58. The van der Waals surface area contributed by atoms with Crippen LogP contribution >= 0.6 is 11.6 Å². The van der Waals surface area contributed by atoms with E-state index >= 15 is 0 Å². The van der Waals surface area contributed by atoms with E-state index in [1.54, 1.807) is 12.1 Å². The standard InChI is InChI=1S/C23H17ClN2O/c24-15-16-8-10-18(11-9-16)23(27)25-20-6-3-5-19(14-20)22-13-12-17-4-1-2-7-21(17)26-22/h1-14H,15H2,(H,25,27). The van der Waals surface area contributed by atoms with Crippen LogP contribution < -0.4 is 5.32 Å². The number of carbonyl (C=O) groups excluding carboxylic acids is 1. The SMILES string of the molecule is O=C(Nc1cccc(-c2ccc3ccccc3n2)c1)c1ccc(CCl)cc1. The molecule has 27 heavy (non-hydrogen) atoms. The first-order valence-corrected chi connectivity index (χ1v) is 9.19. The zero-order valence-corrected chi connectivity index (χ0v) is 15.3. The van der Waals surface area contributed by atoms with E-state index in [4.69, 9.17) is 16.6 Å². The van der Waals surface area contributed by atoms with Crippen LogP contribution in [0.15, 0.2) is 84.9 Å². The summed E-state index contributed by atoms with van der Waals surface area (Å²) < 4.78 is 0. The quantitative estimate of drug-likeness (QED) is 0.453. The van der Waals surface area contributed by atoms with Crippen molar-refractivity contribution in [2.75, 3.05) is 5.32 Å². The lowest BCUT2D eigenvalue weighted by molar-refractivity contribution is 0.102. The second-order valence-electron chi connectivity index (χ2n) is 6.25. The number of para-hydroxylation sites is 1. The van der Waals surface area contributed by atoms with Crippen molar-refractivity contribution >= 4 is 34.1 Å². The molecule has 3 nitrogen and oxygen atoms in total. The molecule has 3 aromatic carbocycles. The smallest absolute Gasteiger partial charge is 0.255 e. The number of fused-ring (bicyclic) bond motifs is 1. The first kappa shape index (κ1) is 17.3. The molecule has 0 aliphatic heterocycles. The normalized spacial score (nSPS) is 10.7. The number of amides is 1. The number of pyridine rings is 1. The number of hydrogen-bond donors (Lipinski definition) is 1. The third kappa shape index (κ3) is 3.83. The van der Waals surface area contributed by atoms with Gasteiger partial charge in [0.25, 0.3) is 5.91 Å². The van der Waals surface area contributed by atoms with Crippen LogP contribution in [0, 0.1) is 0 Å². The van der Waals surface area contributed by atoms with Crippen molar-refractivity contribution in [1.82, 2.24) is 4.98 Å². The largest absolute Gasteiger partial charge is 0.322 e. The number of halogens is 1. The van der Waals surface area contributed by atoms with Crippen LogP contribution in [-0.4, -0.2) is 10.9 Å². The van der Waals surface area contributed by atoms with Gasteiger partial charge in [0.1, 0.15) is 0 Å². The number of nitrogens with one attached hydrogen (secondary N) is 1. The van der Waals surface area contributed by atoms with Crippen molar-refractivity contribution in [3.8, 4) is 11.3 Å². The molecule has 132 valence electrons. The molecule has 1 aromatic heterocycles. The molecule has 1 heterocycles. The number of nitrogens with zero attached hydrogens (tertiary/aromatic N) is 1. The Morgan fingerprint density at radius 3 is 2.52 bits per heavy atom. The Bertz CT molecular complexity index is 1110. The van der Waals surface area contributed by atoms with E-state index in [-0.39, 0.29) is 5.91 Å². The fraction of sp³-hybridized carbons (Fsp3) is 0.0435. The van der Waals surface area contributed by atoms with E-state index in [1.165, 1.54) is 0 Å². The van der Waals surface area contributed by atoms with Crippen molar-refractivity contribution in [3.05, 3.63) is 96.1 Å². The van der Waals surface area contributed by atoms with Gasteiger partial charge in [0.05, 0.1) is 11.2 Å². The lowest BCUT2D eigenvalue weighted by Gasteiger charge is -2.08. The summed E-state index contributed by atoms with van der Waals surface area (Å²) in [6, 6.07) is 27.0. The highest BCUT2D eigenvalue weighted by Crippen LogP contribution is 2.24. The lowest BCUT2D eigenvalue weighted by atomic mass is 10.1. The second-order valence-corrected chi connectivity index (χ2v) is 6.52. The molecule has 0 spiro atoms. The fourth-order valence-corrected chi connectivity index (χ4v) is 3.11. The van der Waals surface area contributed by atoms with E-state index < -0.39 is 0 Å². The maximum Gasteiger partial charge on any atom is 0.255 e. The predicted octanol–water partition coefficient (Wildman–Crippen LogP) is 5.89. The first-order valence-electron chi connectivity index (χ1n) is 8.65. The van der Waals surface area contributed by atoms with Crippen molar-refractivity contribution in [3.63, 3.8) is 0 Å². The molecule has 1 amide bonds. The number of benzene rings is 3. The number of rotatable bonds is 4. The van der Waals surface area contributed by atoms with E-state index in [1.807, 2.05) is 66.7 Å². The van der Waals surface area contributed by atoms with Crippen LogP contribution in [0.5, 0.6) is 0 Å². The third-order valence-electron chi connectivity index (χ3n) is 4.39. The molecular weight excluding hydrogens is 356 g/mol. The summed E-state index contributed by atoms with van der Waals surface area (Å²) in [6.07, 6.45) is 0. The molecule has 4 aromatic rings. The molecular formula is C23H17ClN2O. The highest BCUT2D eigenvalue weighted by atomic mass is 35.5. The minimum Gasteiger partial charge on any atom is -0.322 e. The first-order chi connectivity index (χ1) is 13.2. The summed E-state index contributed by atoms with van der Waals surface area (Å²) in [4.78, 5) is 17.2. The van der Waals surface area contributed by atoms with Crippen LogP contribution in [0.25, 0.3) is 22.2 Å². The van der Waals surface area contributed by atoms with Gasteiger partial charge in [-0.05, 0) is 42.0 Å². The monoisotopic (exact) mass is 372 g/mol. The average Bonchev–Trinajstić information content (AvgIpc) is 2.73. The molecule has 0 aliphatic rings. The zero-order valence-electron chi connectivity index (χ0n) is 14.5. The van der Waals surface area contributed by atoms with Crippen LogP contribution in [-0.2, 0) is 5.88 Å². The second kappa shape index (κ2) is 7.60. The van der Waals surface area contributed by atoms with Crippen LogP contribution in [0.1, 0.15) is 15.9 Å². The fourth-order valence-electron chi connectivity index (χ4n) is 2.93. The van der Waals surface area contributed by atoms with Crippen LogP contribution in [0.3, 0.4) is 0 Å². The summed E-state index contributed by atoms with van der Waals surface area (Å²) in [6.45, 7) is 0. The number of hydrogen-bond acceptors (Lipinski definition) is 2. The van der Waals surface area contributed by atoms with Gasteiger partial charge in [0, 0.05) is 28.1 Å². The number of carbonyl (C=O) groups is 1. The van der Waals surface area contributed by atoms with E-state index in [0.29, 0.717) is 11.4 Å². The van der Waals surface area contributed by atoms with Gasteiger partial charge < -0.3 is 5.32 Å². The molecule has 0 saturated heterocycles. The summed E-state index contributed by atoms with van der Waals surface area (Å²) in [5, 5.41) is 4.05. The number of aromatic nitrogens is 1. The highest BCUT2D eigenvalue weighted by Gasteiger charge is 2.08. The van der Waals surface area contributed by atoms with Gasteiger partial charge >= 0.3 is 0 Å². The van der Waals surface area contributed by atoms with Gasteiger partial charge in [-0.15, -0.1) is 11.6 Å². The Morgan fingerprint density at radius 1 is 0.889 bits per heavy atom. The minimum absolute atomic E-state index is 0.153. The Morgan fingerprint density at radius 2 is 1.70 bits per heavy atom. The maximum atomic E-state index is 12.5. The lowest BCUT2D eigenvalue weighted by Crippen LogP contribution is -2.11. The topological polar surface area (TPSA) is 42.0 Å². The minimum atomic E-state index is -0.153. The molecule has 4 rings (SSSR count). The summed E-state index contributed by atoms with van der Waals surface area (Å²) >= 11 is 5.79. The molecule has 0 unspecified atom stereocenters. The molecule has 0 fully saturated rings. The van der Waals surface area contributed by atoms with Gasteiger partial charge in [0.2, 0.25) is 0 Å². The van der Waals surface area contributed by atoms with E-state index in [0.717, 1.165) is 33.4 Å². The van der Waals surface area contributed by atoms with Gasteiger partial charge in [-0.25, -0.2) is 4.98 Å². The van der Waals surface area contributed by atoms with Crippen molar-refractivity contribution in [2.45, 2.75) is 5.88 Å². The van der Waals surface area contributed by atoms with E-state index in [2.05, 4.69) is 11.4 Å². The molecule has 0 atom stereocenters. The van der Waals surface area contributed by atoms with Crippen LogP contribution in [0.2, 0.25) is 0 Å². The molecule has 0 aliphatic carbocycles. The molecule has 0 saturated carbocycles. The molecule has 1 N–H and O–H groups in total. The van der Waals surface area contributed by atoms with Gasteiger partial charge in [-0.2, -0.15) is 0 Å². The predicted molar refractivity (Wildman–Crippen MR) is 111 cm³/mol. The van der Waals surface area contributed by atoms with Crippen molar-refractivity contribution in [2.24, 2.45) is 0 Å². The Labute approximate surface area is 162 Å². The van der Waals surface area contributed by atoms with Crippen LogP contribution in [0.4, 0.5) is 5.69 Å². The summed E-state index contributed by atoms with van der Waals surface area (Å²) in [7, 11) is 0. The molecule has 0 bridgehead atoms. The van der Waals surface area contributed by atoms with Gasteiger partial charge in [-0.3, -0.25) is 4.79 Å². The average molecular weight is 373 g/mol. The van der Waals surface area contributed by atoms with E-state index in [9.17, 15) is 4.79 Å². The Hall–Kier alpha value is -3.17. The Kier molecular flexibility index (Phi) is 4.86. The summed E-state index contributed by atoms with van der Waals surface area (Å²) in [5.74, 6) is 0.280. The van der Waals surface area contributed by atoms with Crippen molar-refractivity contribution in [1.29, 1.82) is 0 Å². The van der Waals surface area contributed by atoms with Gasteiger partial charge in [-0.1, -0.05) is 48.5 Å². The molecule has 4 heteroatoms. The third-order valence-corrected chi connectivity index (χ3v) is 4.69. The molecule has 0 radical (unpaired) electrons. The number of anilines is 1. The number of alkyl halides is 1. The highest BCUT2D eigenvalue weighted by molar-refractivity contribution is 6.17. The maximum absolute atomic E-state index is 12.5. The van der Waals surface area contributed by atoms with Crippen molar-refractivity contribution < 1.29 is 4.79 Å². The zero-order chi connectivity index (χ0) is 18.6. The summed E-state index contributed by atoms with van der Waals surface area (Å²) in [5.41, 5.74) is 5.08.